The van der Waals surface area contributed by atoms with E-state index in [9.17, 15) is 4.79 Å². The van der Waals surface area contributed by atoms with Crippen molar-refractivity contribution in [2.24, 2.45) is 0 Å². The van der Waals surface area contributed by atoms with Gasteiger partial charge in [-0.05, 0) is 48.4 Å². The quantitative estimate of drug-likeness (QED) is 0.761. The fourth-order valence-electron chi connectivity index (χ4n) is 2.16. The van der Waals surface area contributed by atoms with Crippen LogP contribution in [-0.2, 0) is 0 Å². The van der Waals surface area contributed by atoms with Crippen LogP contribution in [0.1, 0.15) is 27.2 Å². The van der Waals surface area contributed by atoms with Gasteiger partial charge in [0.2, 0.25) is 0 Å². The highest BCUT2D eigenvalue weighted by atomic mass is 16.4. The highest BCUT2D eigenvalue weighted by Crippen LogP contribution is 2.22. The lowest BCUT2D eigenvalue weighted by atomic mass is 10.1. The monoisotopic (exact) mass is 278 g/mol. The molecule has 3 rings (SSSR count). The number of hydrogen-bond donors (Lipinski definition) is 1. The summed E-state index contributed by atoms with van der Waals surface area (Å²) in [4.78, 5) is 10.8. The van der Waals surface area contributed by atoms with Crippen molar-refractivity contribution in [1.82, 2.24) is 0 Å². The molecule has 0 saturated heterocycles. The number of aryl methyl sites for hydroxylation is 1. The highest BCUT2D eigenvalue weighted by Gasteiger charge is 2.02. The largest absolute Gasteiger partial charge is 0.478 e. The first-order valence-corrected chi connectivity index (χ1v) is 6.63. The van der Waals surface area contributed by atoms with Crippen molar-refractivity contribution in [1.29, 1.82) is 0 Å². The molecular weight excluding hydrogens is 264 g/mol. The third kappa shape index (κ3) is 2.87. The van der Waals surface area contributed by atoms with Gasteiger partial charge in [-0.15, -0.1) is 0 Å². The minimum atomic E-state index is -0.918. The molecule has 21 heavy (non-hydrogen) atoms. The second-order valence-electron chi connectivity index (χ2n) is 4.95. The van der Waals surface area contributed by atoms with Gasteiger partial charge in [-0.1, -0.05) is 30.3 Å². The minimum absolute atomic E-state index is 0.284. The van der Waals surface area contributed by atoms with Crippen molar-refractivity contribution in [3.63, 3.8) is 0 Å². The zero-order valence-corrected chi connectivity index (χ0v) is 11.5. The maximum atomic E-state index is 10.8. The van der Waals surface area contributed by atoms with Crippen molar-refractivity contribution in [3.05, 3.63) is 71.0 Å². The van der Waals surface area contributed by atoms with Crippen LogP contribution in [0.2, 0.25) is 0 Å². The van der Waals surface area contributed by atoms with Crippen molar-refractivity contribution in [2.45, 2.75) is 6.92 Å². The van der Waals surface area contributed by atoms with Crippen molar-refractivity contribution in [3.8, 4) is 0 Å². The van der Waals surface area contributed by atoms with Crippen LogP contribution in [0.5, 0.6) is 0 Å². The maximum Gasteiger partial charge on any atom is 0.335 e. The molecule has 0 fully saturated rings. The summed E-state index contributed by atoms with van der Waals surface area (Å²) in [5, 5.41) is 9.92. The topological polar surface area (TPSA) is 50.4 Å². The van der Waals surface area contributed by atoms with Crippen LogP contribution in [0.15, 0.2) is 52.9 Å². The zero-order chi connectivity index (χ0) is 14.8. The van der Waals surface area contributed by atoms with Crippen LogP contribution < -0.4 is 0 Å². The molecule has 0 radical (unpaired) electrons. The van der Waals surface area contributed by atoms with Crippen LogP contribution in [0, 0.1) is 6.92 Å². The van der Waals surface area contributed by atoms with Gasteiger partial charge in [0.1, 0.15) is 11.3 Å². The van der Waals surface area contributed by atoms with E-state index in [1.165, 1.54) is 0 Å². The summed E-state index contributed by atoms with van der Waals surface area (Å²) in [6, 6.07) is 14.8. The van der Waals surface area contributed by atoms with E-state index in [0.717, 1.165) is 27.9 Å². The number of aromatic carboxylic acids is 1. The number of rotatable bonds is 3. The average molecular weight is 278 g/mol. The van der Waals surface area contributed by atoms with E-state index in [2.05, 4.69) is 6.07 Å². The first-order chi connectivity index (χ1) is 10.1. The third-order valence-electron chi connectivity index (χ3n) is 3.29. The molecule has 0 atom stereocenters. The second-order valence-corrected chi connectivity index (χ2v) is 4.95. The Hall–Kier alpha value is -2.81. The van der Waals surface area contributed by atoms with Crippen molar-refractivity contribution in [2.75, 3.05) is 0 Å². The Bertz CT molecular complexity index is 823. The molecule has 0 aliphatic carbocycles. The van der Waals surface area contributed by atoms with Gasteiger partial charge in [-0.2, -0.15) is 0 Å². The molecule has 0 aliphatic heterocycles. The van der Waals surface area contributed by atoms with Gasteiger partial charge in [0.05, 0.1) is 5.56 Å². The lowest BCUT2D eigenvalue weighted by Crippen LogP contribution is -1.94. The predicted molar refractivity (Wildman–Crippen MR) is 83.3 cm³/mol. The number of carboxylic acid groups (broad SMARTS) is 1. The first-order valence-electron chi connectivity index (χ1n) is 6.63. The average Bonchev–Trinajstić information content (AvgIpc) is 2.87. The van der Waals surface area contributed by atoms with Crippen LogP contribution in [0.3, 0.4) is 0 Å². The molecule has 104 valence electrons. The fraction of sp³-hybridized carbons (Fsp3) is 0.0556. The summed E-state index contributed by atoms with van der Waals surface area (Å²) in [6.45, 7) is 2.03. The zero-order valence-electron chi connectivity index (χ0n) is 11.5. The van der Waals surface area contributed by atoms with E-state index < -0.39 is 5.97 Å². The number of benzene rings is 2. The Morgan fingerprint density at radius 3 is 2.52 bits per heavy atom. The predicted octanol–water partition coefficient (Wildman–Crippen LogP) is 4.61. The Morgan fingerprint density at radius 1 is 1.05 bits per heavy atom. The summed E-state index contributed by atoms with van der Waals surface area (Å²) < 4.78 is 5.75. The molecule has 3 nitrogen and oxygen atoms in total. The van der Waals surface area contributed by atoms with E-state index in [0.29, 0.717) is 0 Å². The lowest BCUT2D eigenvalue weighted by Gasteiger charge is -1.95. The number of furan rings is 1. The molecule has 2 aromatic carbocycles. The van der Waals surface area contributed by atoms with Gasteiger partial charge in [0.15, 0.2) is 0 Å². The summed E-state index contributed by atoms with van der Waals surface area (Å²) in [5.41, 5.74) is 3.25. The molecule has 0 amide bonds. The van der Waals surface area contributed by atoms with Crippen LogP contribution in [0.25, 0.3) is 23.1 Å². The smallest absolute Gasteiger partial charge is 0.335 e. The standard InChI is InChI=1S/C18H14O3/c1-12-2-6-15-11-16(21-17(15)10-12)9-5-13-3-7-14(8-4-13)18(19)20/h2-11H,1H3,(H,19,20). The Morgan fingerprint density at radius 2 is 1.81 bits per heavy atom. The molecular formula is C18H14O3. The SMILES string of the molecule is Cc1ccc2cc(C=Cc3ccc(C(=O)O)cc3)oc2c1. The van der Waals surface area contributed by atoms with Crippen molar-refractivity contribution < 1.29 is 14.3 Å². The van der Waals surface area contributed by atoms with Gasteiger partial charge >= 0.3 is 5.97 Å². The van der Waals surface area contributed by atoms with E-state index in [-0.39, 0.29) is 5.56 Å². The molecule has 3 aromatic rings. The number of carboxylic acids is 1. The van der Waals surface area contributed by atoms with Gasteiger partial charge < -0.3 is 9.52 Å². The van der Waals surface area contributed by atoms with E-state index in [1.807, 2.05) is 37.3 Å². The van der Waals surface area contributed by atoms with Crippen LogP contribution in [0.4, 0.5) is 0 Å². The molecule has 1 aromatic heterocycles. The molecule has 0 spiro atoms. The lowest BCUT2D eigenvalue weighted by molar-refractivity contribution is 0.0697. The van der Waals surface area contributed by atoms with Crippen molar-refractivity contribution >= 4 is 29.1 Å². The number of carbonyl (C=O) groups is 1. The fourth-order valence-corrected chi connectivity index (χ4v) is 2.16. The van der Waals surface area contributed by atoms with Gasteiger partial charge in [-0.3, -0.25) is 0 Å². The second kappa shape index (κ2) is 5.29. The van der Waals surface area contributed by atoms with Gasteiger partial charge in [0, 0.05) is 5.39 Å². The molecule has 3 heteroatoms. The number of hydrogen-bond acceptors (Lipinski definition) is 2. The summed E-state index contributed by atoms with van der Waals surface area (Å²) in [5.74, 6) is -0.143. The normalized spacial score (nSPS) is 11.3. The molecule has 0 saturated carbocycles. The molecule has 1 N–H and O–H groups in total. The maximum absolute atomic E-state index is 10.8. The Balaban J connectivity index is 1.85. The van der Waals surface area contributed by atoms with E-state index >= 15 is 0 Å². The molecule has 1 heterocycles. The minimum Gasteiger partial charge on any atom is -0.478 e. The Kier molecular flexibility index (Phi) is 3.32. The van der Waals surface area contributed by atoms with E-state index in [4.69, 9.17) is 9.52 Å². The highest BCUT2D eigenvalue weighted by molar-refractivity contribution is 5.88. The Labute approximate surface area is 122 Å². The number of fused-ring (bicyclic) bond motifs is 1. The van der Waals surface area contributed by atoms with Crippen LogP contribution >= 0.6 is 0 Å². The van der Waals surface area contributed by atoms with Gasteiger partial charge in [-0.25, -0.2) is 4.79 Å². The summed E-state index contributed by atoms with van der Waals surface area (Å²) in [7, 11) is 0. The summed E-state index contributed by atoms with van der Waals surface area (Å²) in [6.07, 6.45) is 3.78. The van der Waals surface area contributed by atoms with E-state index in [1.54, 1.807) is 24.3 Å². The molecule has 0 unspecified atom stereocenters. The summed E-state index contributed by atoms with van der Waals surface area (Å²) >= 11 is 0. The third-order valence-corrected chi connectivity index (χ3v) is 3.29. The molecule has 0 bridgehead atoms. The first kappa shape index (κ1) is 13.2. The van der Waals surface area contributed by atoms with Crippen LogP contribution in [-0.4, -0.2) is 11.1 Å². The molecule has 0 aliphatic rings. The van der Waals surface area contributed by atoms with Gasteiger partial charge in [0.25, 0.3) is 0 Å².